The molecule has 6 nitrogen and oxygen atoms in total. The van der Waals surface area contributed by atoms with Gasteiger partial charge in [0.05, 0.1) is 5.69 Å². The first kappa shape index (κ1) is 20.4. The molecule has 0 aliphatic carbocycles. The Morgan fingerprint density at radius 2 is 1.74 bits per heavy atom. The highest BCUT2D eigenvalue weighted by molar-refractivity contribution is 6.05. The van der Waals surface area contributed by atoms with Crippen LogP contribution in [0, 0.1) is 13.8 Å². The van der Waals surface area contributed by atoms with E-state index in [0.717, 1.165) is 0 Å². The van der Waals surface area contributed by atoms with Crippen LogP contribution < -0.4 is 4.74 Å². The third-order valence-electron chi connectivity index (χ3n) is 4.35. The first-order valence-electron chi connectivity index (χ1n) is 8.92. The number of carbonyl (C=O) groups excluding carboxylic acids is 3. The maximum atomic E-state index is 12.7. The van der Waals surface area contributed by atoms with Crippen LogP contribution in [0.2, 0.25) is 0 Å². The smallest absolute Gasteiger partial charge is 0.348 e. The number of nitrogens with one attached hydrogen (secondary N) is 1. The van der Waals surface area contributed by atoms with E-state index in [4.69, 9.17) is 9.47 Å². The van der Waals surface area contributed by atoms with E-state index in [0.29, 0.717) is 29.0 Å². The third-order valence-corrected chi connectivity index (χ3v) is 4.35. The number of rotatable bonds is 8. The van der Waals surface area contributed by atoms with Gasteiger partial charge in [0.15, 0.2) is 18.0 Å². The van der Waals surface area contributed by atoms with Gasteiger partial charge >= 0.3 is 5.97 Å². The molecule has 0 unspecified atom stereocenters. The molecule has 1 N–H and O–H groups in total. The zero-order valence-electron chi connectivity index (χ0n) is 16.3. The average Bonchev–Trinajstić information content (AvgIpc) is 2.93. The predicted molar refractivity (Wildman–Crippen MR) is 101 cm³/mol. The Balaban J connectivity index is 2.10. The van der Waals surface area contributed by atoms with Crippen molar-refractivity contribution < 1.29 is 23.9 Å². The number of benzene rings is 1. The lowest BCUT2D eigenvalue weighted by Gasteiger charge is -2.19. The van der Waals surface area contributed by atoms with Gasteiger partial charge in [-0.1, -0.05) is 25.1 Å². The molecule has 0 bridgehead atoms. The fourth-order valence-corrected chi connectivity index (χ4v) is 2.99. The monoisotopic (exact) mass is 371 g/mol. The standard InChI is InChI=1S/C21H25NO5/c1-6-17(27-16-10-8-7-9-11-16)21(25)26-15(5)20(24)19-12(2)18(14(4)23)13(3)22-19/h7-11,15,17,22H,6H2,1-5H3/t15-,17-/m1/s1. The molecule has 0 radical (unpaired) electrons. The molecule has 0 aliphatic heterocycles. The lowest BCUT2D eigenvalue weighted by molar-refractivity contribution is -0.154. The number of hydrogen-bond acceptors (Lipinski definition) is 5. The first-order chi connectivity index (χ1) is 12.8. The summed E-state index contributed by atoms with van der Waals surface area (Å²) in [5.41, 5.74) is 1.98. The van der Waals surface area contributed by atoms with Gasteiger partial charge in [0.25, 0.3) is 0 Å². The topological polar surface area (TPSA) is 85.5 Å². The number of para-hydroxylation sites is 1. The van der Waals surface area contributed by atoms with Crippen LogP contribution in [0.15, 0.2) is 30.3 Å². The second-order valence-electron chi connectivity index (χ2n) is 6.45. The Hall–Kier alpha value is -2.89. The van der Waals surface area contributed by atoms with E-state index in [1.165, 1.54) is 13.8 Å². The van der Waals surface area contributed by atoms with Crippen LogP contribution in [0.25, 0.3) is 0 Å². The summed E-state index contributed by atoms with van der Waals surface area (Å²) in [7, 11) is 0. The maximum absolute atomic E-state index is 12.7. The highest BCUT2D eigenvalue weighted by atomic mass is 16.6. The molecule has 0 spiro atoms. The summed E-state index contributed by atoms with van der Waals surface area (Å²) < 4.78 is 11.0. The van der Waals surface area contributed by atoms with Crippen LogP contribution in [-0.4, -0.2) is 34.7 Å². The Morgan fingerprint density at radius 3 is 2.26 bits per heavy atom. The molecule has 2 rings (SSSR count). The van der Waals surface area contributed by atoms with Crippen LogP contribution in [0.3, 0.4) is 0 Å². The quantitative estimate of drug-likeness (QED) is 0.563. The van der Waals surface area contributed by atoms with E-state index in [1.807, 2.05) is 18.2 Å². The molecule has 1 aromatic heterocycles. The summed E-state index contributed by atoms with van der Waals surface area (Å²) in [4.78, 5) is 39.8. The van der Waals surface area contributed by atoms with Crippen molar-refractivity contribution in [3.8, 4) is 5.75 Å². The summed E-state index contributed by atoms with van der Waals surface area (Å²) in [6.07, 6.45) is -1.39. The van der Waals surface area contributed by atoms with Gasteiger partial charge in [-0.3, -0.25) is 9.59 Å². The fourth-order valence-electron chi connectivity index (χ4n) is 2.99. The third kappa shape index (κ3) is 4.64. The predicted octanol–water partition coefficient (Wildman–Crippen LogP) is 3.81. The van der Waals surface area contributed by atoms with Crippen molar-refractivity contribution in [1.29, 1.82) is 0 Å². The molecule has 27 heavy (non-hydrogen) atoms. The number of ether oxygens (including phenoxy) is 2. The molecular weight excluding hydrogens is 346 g/mol. The number of aromatic amines is 1. The maximum Gasteiger partial charge on any atom is 0.348 e. The number of H-pyrrole nitrogens is 1. The Labute approximate surface area is 158 Å². The van der Waals surface area contributed by atoms with Crippen LogP contribution in [0.5, 0.6) is 5.75 Å². The molecule has 0 saturated heterocycles. The zero-order valence-corrected chi connectivity index (χ0v) is 16.3. The van der Waals surface area contributed by atoms with Crippen molar-refractivity contribution in [2.45, 2.75) is 53.2 Å². The lowest BCUT2D eigenvalue weighted by atomic mass is 10.0. The van der Waals surface area contributed by atoms with E-state index in [-0.39, 0.29) is 17.3 Å². The minimum absolute atomic E-state index is 0.118. The van der Waals surface area contributed by atoms with Crippen LogP contribution >= 0.6 is 0 Å². The van der Waals surface area contributed by atoms with E-state index in [9.17, 15) is 14.4 Å². The number of aryl methyl sites for hydroxylation is 1. The number of hydrogen-bond donors (Lipinski definition) is 1. The summed E-state index contributed by atoms with van der Waals surface area (Å²) in [5, 5.41) is 0. The number of ketones is 2. The number of esters is 1. The van der Waals surface area contributed by atoms with Gasteiger partial charge < -0.3 is 14.5 Å². The van der Waals surface area contributed by atoms with Crippen LogP contribution in [0.4, 0.5) is 0 Å². The molecule has 0 fully saturated rings. The highest BCUT2D eigenvalue weighted by Crippen LogP contribution is 2.21. The minimum atomic E-state index is -0.998. The van der Waals surface area contributed by atoms with Crippen LogP contribution in [0.1, 0.15) is 59.3 Å². The van der Waals surface area contributed by atoms with Crippen molar-refractivity contribution in [2.75, 3.05) is 0 Å². The molecule has 0 saturated carbocycles. The van der Waals surface area contributed by atoms with Crippen LogP contribution in [-0.2, 0) is 9.53 Å². The summed E-state index contributed by atoms with van der Waals surface area (Å²) in [6.45, 7) is 8.21. The Morgan fingerprint density at radius 1 is 1.11 bits per heavy atom. The molecule has 1 heterocycles. The van der Waals surface area contributed by atoms with E-state index in [2.05, 4.69) is 4.98 Å². The molecule has 2 aromatic rings. The largest absolute Gasteiger partial charge is 0.479 e. The number of carbonyl (C=O) groups is 3. The van der Waals surface area contributed by atoms with E-state index < -0.39 is 18.2 Å². The van der Waals surface area contributed by atoms with Gasteiger partial charge in [0.1, 0.15) is 5.75 Å². The normalized spacial score (nSPS) is 12.9. The number of aromatic nitrogens is 1. The minimum Gasteiger partial charge on any atom is -0.479 e. The van der Waals surface area contributed by atoms with Gasteiger partial charge in [-0.25, -0.2) is 4.79 Å². The molecule has 144 valence electrons. The zero-order chi connectivity index (χ0) is 20.1. The Bertz CT molecular complexity index is 838. The van der Waals surface area contributed by atoms with Gasteiger partial charge in [0, 0.05) is 11.3 Å². The summed E-state index contributed by atoms with van der Waals surface area (Å²) in [5.74, 6) is -0.546. The van der Waals surface area contributed by atoms with E-state index >= 15 is 0 Å². The second kappa shape index (κ2) is 8.66. The summed E-state index contributed by atoms with van der Waals surface area (Å²) >= 11 is 0. The fraction of sp³-hybridized carbons (Fsp3) is 0.381. The average molecular weight is 371 g/mol. The molecule has 2 atom stereocenters. The first-order valence-corrected chi connectivity index (χ1v) is 8.92. The van der Waals surface area contributed by atoms with Crippen molar-refractivity contribution in [3.05, 3.63) is 52.8 Å². The lowest BCUT2D eigenvalue weighted by Crippen LogP contribution is -2.34. The van der Waals surface area contributed by atoms with Gasteiger partial charge in [0.2, 0.25) is 5.78 Å². The van der Waals surface area contributed by atoms with Gasteiger partial charge in [-0.05, 0) is 51.8 Å². The van der Waals surface area contributed by atoms with Crippen molar-refractivity contribution >= 4 is 17.5 Å². The van der Waals surface area contributed by atoms with Crippen molar-refractivity contribution in [1.82, 2.24) is 4.98 Å². The Kier molecular flexibility index (Phi) is 6.55. The SMILES string of the molecule is CC[C@@H](Oc1ccccc1)C(=O)O[C@H](C)C(=O)c1[nH]c(C)c(C(C)=O)c1C. The highest BCUT2D eigenvalue weighted by Gasteiger charge is 2.29. The van der Waals surface area contributed by atoms with Crippen molar-refractivity contribution in [2.24, 2.45) is 0 Å². The molecule has 0 aliphatic rings. The summed E-state index contributed by atoms with van der Waals surface area (Å²) in [6, 6.07) is 8.96. The van der Waals surface area contributed by atoms with Crippen molar-refractivity contribution in [3.63, 3.8) is 0 Å². The molecule has 1 aromatic carbocycles. The van der Waals surface area contributed by atoms with Gasteiger partial charge in [-0.15, -0.1) is 0 Å². The van der Waals surface area contributed by atoms with Gasteiger partial charge in [-0.2, -0.15) is 0 Å². The van der Waals surface area contributed by atoms with E-state index in [1.54, 1.807) is 32.9 Å². The second-order valence-corrected chi connectivity index (χ2v) is 6.45. The molecule has 0 amide bonds. The number of Topliss-reactive ketones (excluding diaryl/α,β-unsaturated/α-hetero) is 2. The molecule has 6 heteroatoms. The molecular formula is C21H25NO5.